The fourth-order valence-electron chi connectivity index (χ4n) is 1.20. The molecule has 0 radical (unpaired) electrons. The maximum absolute atomic E-state index is 5.34. The number of hydrogen-bond acceptors (Lipinski definition) is 4. The van der Waals surface area contributed by atoms with Gasteiger partial charge < -0.3 is 10.1 Å². The van der Waals surface area contributed by atoms with Gasteiger partial charge in [0.05, 0.1) is 12.1 Å². The molecule has 0 bridgehead atoms. The molecule has 1 rings (SSSR count). The number of ether oxygens (including phenoxy) is 1. The second-order valence-corrected chi connectivity index (χ2v) is 6.09. The highest BCUT2D eigenvalue weighted by Gasteiger charge is 2.24. The van der Waals surface area contributed by atoms with Gasteiger partial charge in [0.25, 0.3) is 0 Å². The molecule has 1 N–H and O–H groups in total. The molecule has 0 aromatic carbocycles. The zero-order valence-corrected chi connectivity index (χ0v) is 11.1. The first-order valence-electron chi connectivity index (χ1n) is 5.45. The van der Waals surface area contributed by atoms with Crippen LogP contribution in [0.1, 0.15) is 27.7 Å². The van der Waals surface area contributed by atoms with E-state index in [-0.39, 0.29) is 5.60 Å². The summed E-state index contributed by atoms with van der Waals surface area (Å²) >= 11 is 1.85. The Morgan fingerprint density at radius 1 is 1.60 bits per heavy atom. The Morgan fingerprint density at radius 3 is 2.73 bits per heavy atom. The molecule has 0 fully saturated rings. The summed E-state index contributed by atoms with van der Waals surface area (Å²) < 4.78 is 5.34. The van der Waals surface area contributed by atoms with E-state index in [4.69, 9.17) is 4.74 Å². The Bertz CT molecular complexity index is 239. The van der Waals surface area contributed by atoms with E-state index >= 15 is 0 Å². The highest BCUT2D eigenvalue weighted by atomic mass is 32.2. The number of nitrogens with one attached hydrogen (secondary N) is 1. The second-order valence-electron chi connectivity index (χ2n) is 4.86. The van der Waals surface area contributed by atoms with Crippen molar-refractivity contribution in [3.05, 3.63) is 0 Å². The molecule has 0 spiro atoms. The number of hydrogen-bond donors (Lipinski definition) is 1. The third-order valence-electron chi connectivity index (χ3n) is 2.64. The number of amidine groups is 1. The number of thioether (sulfide) groups is 1. The lowest BCUT2D eigenvalue weighted by molar-refractivity contribution is 0.0271. The molecule has 0 aliphatic carbocycles. The fraction of sp³-hybridized carbons (Fsp3) is 0.909. The summed E-state index contributed by atoms with van der Waals surface area (Å²) in [6.45, 7) is 10.4. The van der Waals surface area contributed by atoms with Crippen molar-refractivity contribution in [3.63, 3.8) is 0 Å². The maximum Gasteiger partial charge on any atom is 0.157 e. The topological polar surface area (TPSA) is 33.6 Å². The van der Waals surface area contributed by atoms with Gasteiger partial charge in [0.1, 0.15) is 0 Å². The Labute approximate surface area is 97.1 Å². The van der Waals surface area contributed by atoms with E-state index in [1.165, 1.54) is 0 Å². The van der Waals surface area contributed by atoms with Crippen molar-refractivity contribution in [1.82, 2.24) is 5.32 Å². The Hall–Kier alpha value is -0.220. The van der Waals surface area contributed by atoms with Crippen LogP contribution in [0.3, 0.4) is 0 Å². The van der Waals surface area contributed by atoms with Gasteiger partial charge in [-0.1, -0.05) is 25.6 Å². The van der Waals surface area contributed by atoms with E-state index < -0.39 is 0 Å². The van der Waals surface area contributed by atoms with Crippen molar-refractivity contribution >= 4 is 16.9 Å². The summed E-state index contributed by atoms with van der Waals surface area (Å²) in [7, 11) is 1.74. The van der Waals surface area contributed by atoms with Gasteiger partial charge in [0.2, 0.25) is 0 Å². The maximum atomic E-state index is 5.34. The summed E-state index contributed by atoms with van der Waals surface area (Å²) in [4.78, 5) is 4.49. The van der Waals surface area contributed by atoms with Gasteiger partial charge in [0, 0.05) is 18.9 Å². The summed E-state index contributed by atoms with van der Waals surface area (Å²) in [6, 6.07) is 0. The number of methoxy groups -OCH3 is 1. The van der Waals surface area contributed by atoms with Gasteiger partial charge in [-0.25, -0.2) is 0 Å². The van der Waals surface area contributed by atoms with Gasteiger partial charge in [-0.05, 0) is 19.8 Å². The van der Waals surface area contributed by atoms with Crippen LogP contribution in [0.15, 0.2) is 4.99 Å². The van der Waals surface area contributed by atoms with Crippen LogP contribution in [0.4, 0.5) is 0 Å². The van der Waals surface area contributed by atoms with Crippen LogP contribution in [-0.2, 0) is 4.74 Å². The average molecular weight is 230 g/mol. The molecule has 3 nitrogen and oxygen atoms in total. The third kappa shape index (κ3) is 4.03. The highest BCUT2D eigenvalue weighted by molar-refractivity contribution is 8.14. The predicted molar refractivity (Wildman–Crippen MR) is 67.6 cm³/mol. The summed E-state index contributed by atoms with van der Waals surface area (Å²) in [5.74, 6) is 0.688. The molecule has 0 aromatic rings. The molecule has 88 valence electrons. The monoisotopic (exact) mass is 230 g/mol. The van der Waals surface area contributed by atoms with Crippen molar-refractivity contribution < 1.29 is 4.74 Å². The fourth-order valence-corrected chi connectivity index (χ4v) is 2.21. The van der Waals surface area contributed by atoms with Crippen LogP contribution in [-0.4, -0.2) is 36.2 Å². The van der Waals surface area contributed by atoms with Crippen LogP contribution in [0.25, 0.3) is 0 Å². The normalized spacial score (nSPS) is 22.0. The van der Waals surface area contributed by atoms with E-state index in [0.717, 1.165) is 18.3 Å². The number of rotatable bonds is 4. The molecule has 1 aliphatic rings. The van der Waals surface area contributed by atoms with E-state index in [2.05, 4.69) is 38.0 Å². The zero-order chi connectivity index (χ0) is 11.5. The molecule has 0 aromatic heterocycles. The highest BCUT2D eigenvalue weighted by Crippen LogP contribution is 2.26. The summed E-state index contributed by atoms with van der Waals surface area (Å²) in [5, 5.41) is 5.05. The first-order chi connectivity index (χ1) is 6.94. The van der Waals surface area contributed by atoms with Crippen molar-refractivity contribution in [1.29, 1.82) is 0 Å². The first-order valence-corrected chi connectivity index (χ1v) is 6.33. The minimum absolute atomic E-state index is 0.126. The van der Waals surface area contributed by atoms with Crippen LogP contribution < -0.4 is 5.32 Å². The van der Waals surface area contributed by atoms with Crippen LogP contribution >= 0.6 is 11.8 Å². The van der Waals surface area contributed by atoms with Crippen LogP contribution in [0.5, 0.6) is 0 Å². The van der Waals surface area contributed by atoms with E-state index in [0.29, 0.717) is 11.2 Å². The van der Waals surface area contributed by atoms with Crippen LogP contribution in [0, 0.1) is 5.92 Å². The van der Waals surface area contributed by atoms with Gasteiger partial charge in [0.15, 0.2) is 5.17 Å². The van der Waals surface area contributed by atoms with E-state index in [1.807, 2.05) is 11.8 Å². The number of aliphatic imine (C=N–C) groups is 1. The third-order valence-corrected chi connectivity index (χ3v) is 4.13. The molecule has 15 heavy (non-hydrogen) atoms. The van der Waals surface area contributed by atoms with E-state index in [1.54, 1.807) is 7.11 Å². The van der Waals surface area contributed by atoms with Crippen LogP contribution in [0.2, 0.25) is 0 Å². The predicted octanol–water partition coefficient (Wildman–Crippen LogP) is 2.13. The summed E-state index contributed by atoms with van der Waals surface area (Å²) in [5.41, 5.74) is -0.126. The lowest BCUT2D eigenvalue weighted by Gasteiger charge is -2.23. The van der Waals surface area contributed by atoms with Crippen molar-refractivity contribution in [3.8, 4) is 0 Å². The Balaban J connectivity index is 2.31. The molecule has 1 aliphatic heterocycles. The Morgan fingerprint density at radius 2 is 2.27 bits per heavy atom. The van der Waals surface area contributed by atoms with Crippen molar-refractivity contribution in [2.24, 2.45) is 10.9 Å². The zero-order valence-electron chi connectivity index (χ0n) is 10.3. The molecular formula is C11H22N2OS. The average Bonchev–Trinajstić information content (AvgIpc) is 2.63. The smallest absolute Gasteiger partial charge is 0.157 e. The lowest BCUT2D eigenvalue weighted by atomic mass is 10.1. The quantitative estimate of drug-likeness (QED) is 0.803. The lowest BCUT2D eigenvalue weighted by Crippen LogP contribution is -2.38. The molecule has 0 saturated carbocycles. The van der Waals surface area contributed by atoms with Gasteiger partial charge >= 0.3 is 0 Å². The van der Waals surface area contributed by atoms with Crippen molar-refractivity contribution in [2.75, 3.05) is 20.2 Å². The molecule has 4 heteroatoms. The molecule has 1 heterocycles. The standard InChI is InChI=1S/C11H22N2OS/c1-8(2)9-6-12-10(15-9)13-7-11(3,4)14-5/h8-9H,6-7H2,1-5H3,(H,12,13). The molecule has 1 atom stereocenters. The molecule has 1 unspecified atom stereocenters. The first kappa shape index (κ1) is 12.8. The summed E-state index contributed by atoms with van der Waals surface area (Å²) in [6.07, 6.45) is 0. The molecule has 0 amide bonds. The van der Waals surface area contributed by atoms with Gasteiger partial charge in [-0.15, -0.1) is 0 Å². The molecular weight excluding hydrogens is 208 g/mol. The second kappa shape index (κ2) is 5.21. The van der Waals surface area contributed by atoms with Gasteiger partial charge in [-0.3, -0.25) is 4.99 Å². The minimum Gasteiger partial charge on any atom is -0.377 e. The molecule has 0 saturated heterocycles. The minimum atomic E-state index is -0.126. The van der Waals surface area contributed by atoms with Gasteiger partial charge in [-0.2, -0.15) is 0 Å². The van der Waals surface area contributed by atoms with E-state index in [9.17, 15) is 0 Å². The Kier molecular flexibility index (Phi) is 4.46. The number of nitrogens with zero attached hydrogens (tertiary/aromatic N) is 1. The SMILES string of the molecule is COC(C)(C)CNC1=NCC(C(C)C)S1. The van der Waals surface area contributed by atoms with Crippen molar-refractivity contribution in [2.45, 2.75) is 38.5 Å². The largest absolute Gasteiger partial charge is 0.377 e.